The molecule has 138 valence electrons. The van der Waals surface area contributed by atoms with E-state index >= 15 is 0 Å². The molecule has 1 fully saturated rings. The van der Waals surface area contributed by atoms with Gasteiger partial charge in [-0.2, -0.15) is 0 Å². The maximum Gasteiger partial charge on any atom is 0.311 e. The third-order valence-electron chi connectivity index (χ3n) is 4.52. The molecule has 1 aliphatic rings. The third-order valence-corrected chi connectivity index (χ3v) is 4.52. The summed E-state index contributed by atoms with van der Waals surface area (Å²) in [6.45, 7) is 2.32. The summed E-state index contributed by atoms with van der Waals surface area (Å²) in [6.07, 6.45) is 0.135. The summed E-state index contributed by atoms with van der Waals surface area (Å²) in [6, 6.07) is 11.1. The molecule has 0 aliphatic carbocycles. The van der Waals surface area contributed by atoms with Crippen molar-refractivity contribution >= 4 is 28.7 Å². The molecular weight excluding hydrogens is 351 g/mol. The van der Waals surface area contributed by atoms with Crippen molar-refractivity contribution in [2.24, 2.45) is 5.92 Å². The number of hydrogen-bond donors (Lipinski definition) is 0. The normalized spacial score (nSPS) is 16.9. The summed E-state index contributed by atoms with van der Waals surface area (Å²) in [4.78, 5) is 30.2. The van der Waals surface area contributed by atoms with E-state index in [0.29, 0.717) is 34.8 Å². The fraction of sp³-hybridized carbons (Fsp3) is 0.250. The van der Waals surface area contributed by atoms with Crippen LogP contribution >= 0.6 is 0 Å². The molecule has 1 aliphatic heterocycles. The van der Waals surface area contributed by atoms with Gasteiger partial charge in [-0.25, -0.2) is 9.37 Å². The fourth-order valence-corrected chi connectivity index (χ4v) is 3.17. The average molecular weight is 368 g/mol. The number of hydrogen-bond acceptors (Lipinski definition) is 5. The number of rotatable bonds is 4. The molecule has 1 unspecified atom stereocenters. The molecule has 6 nitrogen and oxygen atoms in total. The smallest absolute Gasteiger partial charge is 0.311 e. The molecule has 0 bridgehead atoms. The minimum absolute atomic E-state index is 0.130. The molecule has 27 heavy (non-hydrogen) atoms. The van der Waals surface area contributed by atoms with E-state index in [2.05, 4.69) is 4.98 Å². The zero-order valence-corrected chi connectivity index (χ0v) is 14.6. The number of esters is 1. The van der Waals surface area contributed by atoms with Crippen LogP contribution in [0.1, 0.15) is 13.3 Å². The van der Waals surface area contributed by atoms with Crippen LogP contribution in [0.2, 0.25) is 0 Å². The molecule has 1 aromatic heterocycles. The summed E-state index contributed by atoms with van der Waals surface area (Å²) < 4.78 is 23.8. The second-order valence-corrected chi connectivity index (χ2v) is 6.34. The van der Waals surface area contributed by atoms with Gasteiger partial charge in [-0.1, -0.05) is 0 Å². The largest absolute Gasteiger partial charge is 0.466 e. The van der Waals surface area contributed by atoms with Crippen molar-refractivity contribution in [3.05, 3.63) is 48.3 Å². The molecule has 0 saturated carbocycles. The lowest BCUT2D eigenvalue weighted by molar-refractivity contribution is -0.147. The van der Waals surface area contributed by atoms with Gasteiger partial charge in [0, 0.05) is 24.2 Å². The van der Waals surface area contributed by atoms with Gasteiger partial charge in [0.1, 0.15) is 11.3 Å². The Morgan fingerprint density at radius 2 is 2.07 bits per heavy atom. The van der Waals surface area contributed by atoms with Crippen LogP contribution in [-0.2, 0) is 14.3 Å². The topological polar surface area (TPSA) is 72.6 Å². The van der Waals surface area contributed by atoms with E-state index in [1.165, 1.54) is 12.1 Å². The first kappa shape index (κ1) is 17.2. The summed E-state index contributed by atoms with van der Waals surface area (Å²) in [7, 11) is 0. The van der Waals surface area contributed by atoms with Crippen molar-refractivity contribution in [2.45, 2.75) is 13.3 Å². The van der Waals surface area contributed by atoms with E-state index in [9.17, 15) is 14.0 Å². The molecule has 7 heteroatoms. The highest BCUT2D eigenvalue weighted by Gasteiger charge is 2.36. The number of ether oxygens (including phenoxy) is 1. The summed E-state index contributed by atoms with van der Waals surface area (Å²) in [5, 5.41) is 0. The number of carbonyl (C=O) groups excluding carboxylic acids is 2. The van der Waals surface area contributed by atoms with E-state index in [1.54, 1.807) is 42.2 Å². The Kier molecular flexibility index (Phi) is 4.35. The Labute approximate surface area is 154 Å². The Morgan fingerprint density at radius 1 is 1.30 bits per heavy atom. The van der Waals surface area contributed by atoms with Crippen molar-refractivity contribution in [3.63, 3.8) is 0 Å². The number of carbonyl (C=O) groups is 2. The lowest BCUT2D eigenvalue weighted by atomic mass is 10.1. The molecule has 1 atom stereocenters. The van der Waals surface area contributed by atoms with E-state index < -0.39 is 5.92 Å². The highest BCUT2D eigenvalue weighted by Crippen LogP contribution is 2.31. The monoisotopic (exact) mass is 368 g/mol. The Bertz CT molecular complexity index is 1010. The number of halogens is 1. The fourth-order valence-electron chi connectivity index (χ4n) is 3.17. The zero-order chi connectivity index (χ0) is 19.0. The zero-order valence-electron chi connectivity index (χ0n) is 14.6. The van der Waals surface area contributed by atoms with Gasteiger partial charge >= 0.3 is 5.97 Å². The minimum Gasteiger partial charge on any atom is -0.466 e. The van der Waals surface area contributed by atoms with Crippen LogP contribution in [-0.4, -0.2) is 30.0 Å². The highest BCUT2D eigenvalue weighted by atomic mass is 19.1. The minimum atomic E-state index is -0.458. The molecule has 1 amide bonds. The van der Waals surface area contributed by atoms with Gasteiger partial charge in [0.15, 0.2) is 5.58 Å². The van der Waals surface area contributed by atoms with Crippen LogP contribution in [0.5, 0.6) is 0 Å². The molecule has 1 saturated heterocycles. The molecule has 3 aromatic rings. The van der Waals surface area contributed by atoms with Crippen molar-refractivity contribution < 1.29 is 23.1 Å². The van der Waals surface area contributed by atoms with E-state index in [1.807, 2.05) is 0 Å². The van der Waals surface area contributed by atoms with Gasteiger partial charge in [-0.3, -0.25) is 9.59 Å². The maximum absolute atomic E-state index is 13.1. The van der Waals surface area contributed by atoms with Crippen LogP contribution in [0.25, 0.3) is 22.6 Å². The molecule has 4 rings (SSSR count). The number of aromatic nitrogens is 1. The lowest BCUT2D eigenvalue weighted by Crippen LogP contribution is -2.26. The van der Waals surface area contributed by atoms with Gasteiger partial charge in [-0.05, 0) is 49.4 Å². The van der Waals surface area contributed by atoms with Crippen molar-refractivity contribution in [1.29, 1.82) is 0 Å². The number of nitrogens with zero attached hydrogens (tertiary/aromatic N) is 2. The quantitative estimate of drug-likeness (QED) is 0.659. The van der Waals surface area contributed by atoms with Crippen LogP contribution in [0.4, 0.5) is 10.1 Å². The Balaban J connectivity index is 1.61. The number of oxazole rings is 1. The Hall–Kier alpha value is -3.22. The van der Waals surface area contributed by atoms with E-state index in [4.69, 9.17) is 9.15 Å². The molecule has 0 N–H and O–H groups in total. The van der Waals surface area contributed by atoms with Crippen LogP contribution in [0, 0.1) is 11.7 Å². The number of benzene rings is 2. The predicted molar refractivity (Wildman–Crippen MR) is 96.5 cm³/mol. The van der Waals surface area contributed by atoms with E-state index in [0.717, 1.165) is 0 Å². The standard InChI is InChI=1S/C20H17FN2O4/c1-2-26-20(25)13-9-18(24)23(11-13)15-7-8-17-16(10-15)22-19(27-17)12-3-5-14(21)6-4-12/h3-8,10,13H,2,9,11H2,1H3. The van der Waals surface area contributed by atoms with Gasteiger partial charge in [0.2, 0.25) is 11.8 Å². The molecular formula is C20H17FN2O4. The van der Waals surface area contributed by atoms with Gasteiger partial charge in [0.25, 0.3) is 0 Å². The van der Waals surface area contributed by atoms with Gasteiger partial charge < -0.3 is 14.1 Å². The van der Waals surface area contributed by atoms with Crippen LogP contribution in [0.15, 0.2) is 46.9 Å². The molecule has 0 radical (unpaired) electrons. The molecule has 2 heterocycles. The second kappa shape index (κ2) is 6.83. The summed E-state index contributed by atoms with van der Waals surface area (Å²) in [5.41, 5.74) is 2.46. The van der Waals surface area contributed by atoms with Crippen LogP contribution < -0.4 is 4.90 Å². The number of amides is 1. The highest BCUT2D eigenvalue weighted by molar-refractivity contribution is 6.00. The first-order valence-corrected chi connectivity index (χ1v) is 8.68. The van der Waals surface area contributed by atoms with E-state index in [-0.39, 0.29) is 30.7 Å². The molecule has 0 spiro atoms. The van der Waals surface area contributed by atoms with Gasteiger partial charge in [-0.15, -0.1) is 0 Å². The molecule has 2 aromatic carbocycles. The van der Waals surface area contributed by atoms with Crippen molar-refractivity contribution in [1.82, 2.24) is 4.98 Å². The number of anilines is 1. The first-order chi connectivity index (χ1) is 13.0. The lowest BCUT2D eigenvalue weighted by Gasteiger charge is -2.16. The first-order valence-electron chi connectivity index (χ1n) is 8.68. The summed E-state index contributed by atoms with van der Waals surface area (Å²) in [5.74, 6) is -0.899. The third kappa shape index (κ3) is 3.28. The van der Waals surface area contributed by atoms with Crippen LogP contribution in [0.3, 0.4) is 0 Å². The van der Waals surface area contributed by atoms with Crippen molar-refractivity contribution in [3.8, 4) is 11.5 Å². The Morgan fingerprint density at radius 3 is 2.81 bits per heavy atom. The predicted octanol–water partition coefficient (Wildman–Crippen LogP) is 3.55. The number of fused-ring (bicyclic) bond motifs is 1. The maximum atomic E-state index is 13.1. The average Bonchev–Trinajstić information content (AvgIpc) is 3.25. The summed E-state index contributed by atoms with van der Waals surface area (Å²) >= 11 is 0. The van der Waals surface area contributed by atoms with Crippen molar-refractivity contribution in [2.75, 3.05) is 18.1 Å². The second-order valence-electron chi connectivity index (χ2n) is 6.34. The van der Waals surface area contributed by atoms with Gasteiger partial charge in [0.05, 0.1) is 12.5 Å². The SMILES string of the molecule is CCOC(=O)C1CC(=O)N(c2ccc3oc(-c4ccc(F)cc4)nc3c2)C1.